The van der Waals surface area contributed by atoms with Crippen LogP contribution in [0.4, 0.5) is 4.79 Å². The van der Waals surface area contributed by atoms with Gasteiger partial charge in [-0.3, -0.25) is 0 Å². The third-order valence-corrected chi connectivity index (χ3v) is 5.53. The van der Waals surface area contributed by atoms with Crippen molar-refractivity contribution in [1.82, 2.24) is 15.1 Å². The van der Waals surface area contributed by atoms with Crippen molar-refractivity contribution in [3.05, 3.63) is 0 Å². The highest BCUT2D eigenvalue weighted by Gasteiger charge is 2.47. The van der Waals surface area contributed by atoms with Gasteiger partial charge in [0.1, 0.15) is 0 Å². The number of amides is 2. The third-order valence-electron chi connectivity index (χ3n) is 5.53. The second kappa shape index (κ2) is 4.12. The van der Waals surface area contributed by atoms with E-state index in [2.05, 4.69) is 15.1 Å². The van der Waals surface area contributed by atoms with Gasteiger partial charge in [0.15, 0.2) is 0 Å². The first-order valence-corrected chi connectivity index (χ1v) is 7.63. The van der Waals surface area contributed by atoms with E-state index in [-0.39, 0.29) is 0 Å². The number of fused-ring (bicyclic) bond motifs is 2. The van der Waals surface area contributed by atoms with E-state index < -0.39 is 0 Å². The lowest BCUT2D eigenvalue weighted by Crippen LogP contribution is -2.50. The van der Waals surface area contributed by atoms with Crippen LogP contribution in [0.1, 0.15) is 38.5 Å². The second-order valence-electron chi connectivity index (χ2n) is 6.53. The van der Waals surface area contributed by atoms with Gasteiger partial charge in [-0.2, -0.15) is 0 Å². The molecule has 3 unspecified atom stereocenters. The average molecular weight is 249 g/mol. The van der Waals surface area contributed by atoms with Crippen LogP contribution in [-0.2, 0) is 0 Å². The normalized spacial score (nSPS) is 40.4. The number of carbonyl (C=O) groups excluding carboxylic acids is 1. The lowest BCUT2D eigenvalue weighted by molar-refractivity contribution is 0.155. The zero-order chi connectivity index (χ0) is 12.1. The summed E-state index contributed by atoms with van der Waals surface area (Å²) in [5.41, 5.74) is 0. The Balaban J connectivity index is 1.46. The molecule has 4 aliphatic rings. The Kier molecular flexibility index (Phi) is 2.54. The molecule has 100 valence electrons. The first-order valence-electron chi connectivity index (χ1n) is 7.63. The highest BCUT2D eigenvalue weighted by Crippen LogP contribution is 2.37. The number of rotatable bonds is 2. The quantitative estimate of drug-likeness (QED) is 0.803. The maximum absolute atomic E-state index is 12.6. The molecule has 4 fully saturated rings. The lowest BCUT2D eigenvalue weighted by atomic mass is 10.1. The molecule has 4 nitrogen and oxygen atoms in total. The molecule has 2 aliphatic heterocycles. The Hall–Kier alpha value is -0.770. The van der Waals surface area contributed by atoms with E-state index in [0.29, 0.717) is 24.2 Å². The predicted octanol–water partition coefficient (Wildman–Crippen LogP) is 1.42. The van der Waals surface area contributed by atoms with Gasteiger partial charge in [-0.25, -0.2) is 4.79 Å². The van der Waals surface area contributed by atoms with Gasteiger partial charge in [0.05, 0.1) is 0 Å². The molecular weight excluding hydrogens is 226 g/mol. The summed E-state index contributed by atoms with van der Waals surface area (Å²) in [6, 6.07) is 1.96. The van der Waals surface area contributed by atoms with Crippen LogP contribution in [0.3, 0.4) is 0 Å². The van der Waals surface area contributed by atoms with Gasteiger partial charge in [-0.15, -0.1) is 0 Å². The van der Waals surface area contributed by atoms with Crippen molar-refractivity contribution in [2.24, 2.45) is 5.92 Å². The number of hydrogen-bond donors (Lipinski definition) is 1. The maximum atomic E-state index is 12.6. The van der Waals surface area contributed by atoms with Crippen LogP contribution in [0.25, 0.3) is 0 Å². The zero-order valence-electron chi connectivity index (χ0n) is 11.0. The van der Waals surface area contributed by atoms with Crippen molar-refractivity contribution in [3.8, 4) is 0 Å². The molecule has 0 radical (unpaired) electrons. The van der Waals surface area contributed by atoms with Crippen LogP contribution in [0.15, 0.2) is 0 Å². The summed E-state index contributed by atoms with van der Waals surface area (Å²) in [6.07, 6.45) is 7.61. The van der Waals surface area contributed by atoms with Gasteiger partial charge in [-0.1, -0.05) is 12.8 Å². The summed E-state index contributed by atoms with van der Waals surface area (Å²) in [7, 11) is 0. The summed E-state index contributed by atoms with van der Waals surface area (Å²) in [4.78, 5) is 16.9. The Morgan fingerprint density at radius 2 is 1.83 bits per heavy atom. The highest BCUT2D eigenvalue weighted by molar-refractivity contribution is 5.77. The van der Waals surface area contributed by atoms with Gasteiger partial charge >= 0.3 is 6.03 Å². The van der Waals surface area contributed by atoms with Crippen LogP contribution in [0.5, 0.6) is 0 Å². The minimum absolute atomic E-state index is 0.334. The first kappa shape index (κ1) is 11.1. The van der Waals surface area contributed by atoms with Crippen LogP contribution in [-0.4, -0.2) is 53.6 Å². The van der Waals surface area contributed by atoms with Crippen molar-refractivity contribution in [1.29, 1.82) is 0 Å². The predicted molar refractivity (Wildman–Crippen MR) is 69.4 cm³/mol. The fourth-order valence-corrected chi connectivity index (χ4v) is 4.60. The largest absolute Gasteiger partial charge is 0.320 e. The van der Waals surface area contributed by atoms with Crippen molar-refractivity contribution in [2.45, 2.75) is 56.7 Å². The zero-order valence-corrected chi connectivity index (χ0v) is 11.0. The maximum Gasteiger partial charge on any atom is 0.320 e. The summed E-state index contributed by atoms with van der Waals surface area (Å²) in [5.74, 6) is 0.827. The van der Waals surface area contributed by atoms with Gasteiger partial charge in [-0.05, 0) is 38.1 Å². The van der Waals surface area contributed by atoms with E-state index in [4.69, 9.17) is 0 Å². The standard InChI is InChI=1S/C14H23N3O/c18-14-16(11-3-1-2-4-11)5-6-17(14)13-8-10-7-12(13)15-9-10/h10-13,15H,1-9H2. The molecule has 2 saturated heterocycles. The number of nitrogens with one attached hydrogen (secondary N) is 1. The molecule has 18 heavy (non-hydrogen) atoms. The number of nitrogens with zero attached hydrogens (tertiary/aromatic N) is 2. The Morgan fingerprint density at radius 3 is 2.50 bits per heavy atom. The molecule has 2 amide bonds. The molecular formula is C14H23N3O. The van der Waals surface area contributed by atoms with E-state index in [0.717, 1.165) is 19.0 Å². The number of piperidine rings is 1. The fraction of sp³-hybridized carbons (Fsp3) is 0.929. The third kappa shape index (κ3) is 1.58. The molecule has 0 aromatic rings. The lowest BCUT2D eigenvalue weighted by Gasteiger charge is -2.32. The molecule has 1 N–H and O–H groups in total. The molecule has 2 saturated carbocycles. The summed E-state index contributed by atoms with van der Waals surface area (Å²) < 4.78 is 0. The second-order valence-corrected chi connectivity index (χ2v) is 6.53. The van der Waals surface area contributed by atoms with Crippen molar-refractivity contribution < 1.29 is 4.79 Å². The van der Waals surface area contributed by atoms with Crippen LogP contribution < -0.4 is 5.32 Å². The summed E-state index contributed by atoms with van der Waals surface area (Å²) in [5, 5.41) is 3.58. The number of hydrogen-bond acceptors (Lipinski definition) is 2. The monoisotopic (exact) mass is 249 g/mol. The van der Waals surface area contributed by atoms with Crippen molar-refractivity contribution >= 4 is 6.03 Å². The fourth-order valence-electron chi connectivity index (χ4n) is 4.60. The molecule has 3 atom stereocenters. The van der Waals surface area contributed by atoms with Gasteiger partial charge in [0, 0.05) is 31.2 Å². The molecule has 0 spiro atoms. The van der Waals surface area contributed by atoms with Crippen LogP contribution in [0, 0.1) is 5.92 Å². The SMILES string of the molecule is O=C1N(C2CCCC2)CCN1C1CC2CNC1C2. The van der Waals surface area contributed by atoms with E-state index in [1.165, 1.54) is 45.1 Å². The van der Waals surface area contributed by atoms with E-state index in [9.17, 15) is 4.79 Å². The molecule has 4 heteroatoms. The topological polar surface area (TPSA) is 35.6 Å². The summed E-state index contributed by atoms with van der Waals surface area (Å²) >= 11 is 0. The van der Waals surface area contributed by atoms with E-state index in [1.54, 1.807) is 0 Å². The minimum Gasteiger partial charge on any atom is -0.320 e. The molecule has 2 heterocycles. The molecule has 2 aliphatic carbocycles. The highest BCUT2D eigenvalue weighted by atomic mass is 16.2. The van der Waals surface area contributed by atoms with Crippen LogP contribution >= 0.6 is 0 Å². The van der Waals surface area contributed by atoms with Gasteiger partial charge in [0.2, 0.25) is 0 Å². The van der Waals surface area contributed by atoms with Crippen LogP contribution in [0.2, 0.25) is 0 Å². The number of urea groups is 1. The smallest absolute Gasteiger partial charge is 0.320 e. The molecule has 0 aromatic carbocycles. The first-order chi connectivity index (χ1) is 8.83. The summed E-state index contributed by atoms with van der Waals surface area (Å²) in [6.45, 7) is 3.11. The molecule has 2 bridgehead atoms. The minimum atomic E-state index is 0.334. The van der Waals surface area contributed by atoms with Crippen molar-refractivity contribution in [3.63, 3.8) is 0 Å². The Morgan fingerprint density at radius 1 is 1.06 bits per heavy atom. The Labute approximate surface area is 109 Å². The van der Waals surface area contributed by atoms with Gasteiger partial charge < -0.3 is 15.1 Å². The van der Waals surface area contributed by atoms with Gasteiger partial charge in [0.25, 0.3) is 0 Å². The average Bonchev–Trinajstić information content (AvgIpc) is 3.12. The van der Waals surface area contributed by atoms with E-state index >= 15 is 0 Å². The molecule has 4 rings (SSSR count). The molecule has 0 aromatic heterocycles. The number of carbonyl (C=O) groups is 1. The van der Waals surface area contributed by atoms with Crippen molar-refractivity contribution in [2.75, 3.05) is 19.6 Å². The Bertz CT molecular complexity index is 353. The van der Waals surface area contributed by atoms with E-state index in [1.807, 2.05) is 0 Å².